The van der Waals surface area contributed by atoms with Crippen LogP contribution < -0.4 is 4.72 Å². The van der Waals surface area contributed by atoms with Crippen molar-refractivity contribution in [2.75, 3.05) is 0 Å². The van der Waals surface area contributed by atoms with Crippen LogP contribution in [0.2, 0.25) is 0 Å². The number of sulfonamides is 1. The van der Waals surface area contributed by atoms with Crippen molar-refractivity contribution in [2.24, 2.45) is 0 Å². The van der Waals surface area contributed by atoms with E-state index >= 15 is 0 Å². The average Bonchev–Trinajstić information content (AvgIpc) is 3.34. The van der Waals surface area contributed by atoms with Gasteiger partial charge >= 0.3 is 6.18 Å². The Morgan fingerprint density at radius 1 is 0.842 bits per heavy atom. The minimum atomic E-state index is -4.53. The van der Waals surface area contributed by atoms with Gasteiger partial charge in [-0.15, -0.1) is 11.3 Å². The van der Waals surface area contributed by atoms with E-state index in [-0.39, 0.29) is 21.3 Å². The molecule has 0 fully saturated rings. The molecule has 0 unspecified atom stereocenters. The largest absolute Gasteiger partial charge is 0.416 e. The van der Waals surface area contributed by atoms with E-state index in [0.717, 1.165) is 29.5 Å². The van der Waals surface area contributed by atoms with Gasteiger partial charge in [0.2, 0.25) is 0 Å². The van der Waals surface area contributed by atoms with Crippen molar-refractivity contribution >= 4 is 21.4 Å². The standard InChI is InChI=1S/C26H22F5N3O2S2/c1-25(2,3)34-38(35,36)22-12-11-21(37-22)16-5-4-6-17(13-16)24-32-19(14-20(33-24)23(27)28)15-7-9-18(10-8-15)26(29,30)31/h4-14,23,34H,1-3H3. The first-order valence-corrected chi connectivity index (χ1v) is 13.5. The van der Waals surface area contributed by atoms with Crippen molar-refractivity contribution in [3.8, 4) is 33.1 Å². The maximum atomic E-state index is 13.7. The van der Waals surface area contributed by atoms with Crippen molar-refractivity contribution in [3.05, 3.63) is 78.0 Å². The van der Waals surface area contributed by atoms with Gasteiger partial charge in [-0.05, 0) is 62.7 Å². The van der Waals surface area contributed by atoms with E-state index in [4.69, 9.17) is 0 Å². The van der Waals surface area contributed by atoms with E-state index < -0.39 is 39.4 Å². The highest BCUT2D eigenvalue weighted by Gasteiger charge is 2.30. The van der Waals surface area contributed by atoms with Crippen molar-refractivity contribution in [1.29, 1.82) is 0 Å². The van der Waals surface area contributed by atoms with Crippen LogP contribution in [0.15, 0.2) is 70.9 Å². The Hall–Kier alpha value is -3.22. The lowest BCUT2D eigenvalue weighted by atomic mass is 10.1. The van der Waals surface area contributed by atoms with Crippen LogP contribution in [0.5, 0.6) is 0 Å². The maximum absolute atomic E-state index is 13.7. The fraction of sp³-hybridized carbons (Fsp3) is 0.231. The minimum absolute atomic E-state index is 0.0432. The Bertz CT molecular complexity index is 1560. The first kappa shape index (κ1) is 27.8. The first-order chi connectivity index (χ1) is 17.6. The molecule has 2 aromatic carbocycles. The summed E-state index contributed by atoms with van der Waals surface area (Å²) in [7, 11) is -3.74. The summed E-state index contributed by atoms with van der Waals surface area (Å²) < 4.78 is 94.2. The summed E-state index contributed by atoms with van der Waals surface area (Å²) in [5, 5.41) is 0. The summed E-state index contributed by atoms with van der Waals surface area (Å²) in [6.45, 7) is 5.19. The van der Waals surface area contributed by atoms with Gasteiger partial charge in [-0.2, -0.15) is 13.2 Å². The molecule has 2 aromatic heterocycles. The van der Waals surface area contributed by atoms with Crippen LogP contribution in [0.3, 0.4) is 0 Å². The second kappa shape index (κ2) is 10.2. The summed E-state index contributed by atoms with van der Waals surface area (Å²) in [5.41, 5.74) is -0.849. The van der Waals surface area contributed by atoms with E-state index in [1.165, 1.54) is 18.2 Å². The number of nitrogens with one attached hydrogen (secondary N) is 1. The number of alkyl halides is 5. The smallest absolute Gasteiger partial charge is 0.228 e. The number of thiophene rings is 1. The van der Waals surface area contributed by atoms with Crippen molar-refractivity contribution in [1.82, 2.24) is 14.7 Å². The van der Waals surface area contributed by atoms with E-state index in [9.17, 15) is 30.4 Å². The topological polar surface area (TPSA) is 72.0 Å². The zero-order valence-electron chi connectivity index (χ0n) is 20.3. The molecule has 0 atom stereocenters. The van der Waals surface area contributed by atoms with E-state index in [0.29, 0.717) is 16.0 Å². The van der Waals surface area contributed by atoms with Crippen LogP contribution in [0, 0.1) is 0 Å². The molecule has 0 saturated carbocycles. The van der Waals surface area contributed by atoms with Crippen molar-refractivity contribution in [3.63, 3.8) is 0 Å². The highest BCUT2D eigenvalue weighted by Crippen LogP contribution is 2.35. The van der Waals surface area contributed by atoms with Gasteiger partial charge in [0.1, 0.15) is 9.90 Å². The number of aromatic nitrogens is 2. The molecular formula is C26H22F5N3O2S2. The Morgan fingerprint density at radius 2 is 1.50 bits per heavy atom. The molecule has 0 spiro atoms. The fourth-order valence-corrected chi connectivity index (χ4v) is 6.29. The van der Waals surface area contributed by atoms with E-state index in [2.05, 4.69) is 14.7 Å². The maximum Gasteiger partial charge on any atom is 0.416 e. The highest BCUT2D eigenvalue weighted by molar-refractivity contribution is 7.91. The minimum Gasteiger partial charge on any atom is -0.228 e. The monoisotopic (exact) mass is 567 g/mol. The van der Waals surface area contributed by atoms with Gasteiger partial charge in [-0.3, -0.25) is 0 Å². The zero-order chi connectivity index (χ0) is 27.9. The van der Waals surface area contributed by atoms with Gasteiger partial charge in [0.15, 0.2) is 5.82 Å². The van der Waals surface area contributed by atoms with Gasteiger partial charge in [-0.25, -0.2) is 31.9 Å². The number of hydrogen-bond acceptors (Lipinski definition) is 5. The molecule has 0 aliphatic carbocycles. The molecule has 5 nitrogen and oxygen atoms in total. The van der Waals surface area contributed by atoms with Crippen LogP contribution >= 0.6 is 11.3 Å². The van der Waals surface area contributed by atoms with E-state index in [1.54, 1.807) is 51.1 Å². The molecule has 1 N–H and O–H groups in total. The molecule has 0 aliphatic rings. The first-order valence-electron chi connectivity index (χ1n) is 11.2. The van der Waals surface area contributed by atoms with Crippen LogP contribution in [0.4, 0.5) is 22.0 Å². The lowest BCUT2D eigenvalue weighted by molar-refractivity contribution is -0.137. The third-order valence-electron chi connectivity index (χ3n) is 5.17. The number of halogens is 5. The molecule has 4 aromatic rings. The predicted molar refractivity (Wildman–Crippen MR) is 136 cm³/mol. The third-order valence-corrected chi connectivity index (χ3v) is 8.55. The summed E-state index contributed by atoms with van der Waals surface area (Å²) in [6.07, 6.45) is -7.47. The number of hydrogen-bond donors (Lipinski definition) is 1. The number of rotatable bonds is 6. The van der Waals surface area contributed by atoms with Crippen LogP contribution in [0.25, 0.3) is 33.1 Å². The summed E-state index contributed by atoms with van der Waals surface area (Å²) in [6, 6.07) is 14.9. The van der Waals surface area contributed by atoms with Gasteiger partial charge in [0, 0.05) is 21.5 Å². The van der Waals surface area contributed by atoms with Gasteiger partial charge < -0.3 is 0 Å². The molecule has 0 bridgehead atoms. The van der Waals surface area contributed by atoms with E-state index in [1.807, 2.05) is 0 Å². The van der Waals surface area contributed by atoms with Crippen molar-refractivity contribution in [2.45, 2.75) is 43.1 Å². The number of nitrogens with zero attached hydrogens (tertiary/aromatic N) is 2. The Labute approximate surface area is 220 Å². The predicted octanol–water partition coefficient (Wildman–Crippen LogP) is 7.57. The Kier molecular flexibility index (Phi) is 7.43. The molecule has 0 amide bonds. The molecule has 0 radical (unpaired) electrons. The molecule has 0 saturated heterocycles. The van der Waals surface area contributed by atoms with Gasteiger partial charge in [-0.1, -0.05) is 30.3 Å². The second-order valence-electron chi connectivity index (χ2n) is 9.43. The van der Waals surface area contributed by atoms with Gasteiger partial charge in [0.05, 0.1) is 11.3 Å². The third kappa shape index (κ3) is 6.43. The lowest BCUT2D eigenvalue weighted by Crippen LogP contribution is -2.40. The molecule has 38 heavy (non-hydrogen) atoms. The average molecular weight is 568 g/mol. The van der Waals surface area contributed by atoms with Crippen LogP contribution in [-0.4, -0.2) is 23.9 Å². The summed E-state index contributed by atoms with van der Waals surface area (Å²) in [4.78, 5) is 8.92. The molecule has 200 valence electrons. The molecule has 0 aliphatic heterocycles. The normalized spacial score (nSPS) is 12.8. The number of benzene rings is 2. The second-order valence-corrected chi connectivity index (χ2v) is 12.4. The van der Waals surface area contributed by atoms with Crippen LogP contribution in [-0.2, 0) is 16.2 Å². The SMILES string of the molecule is CC(C)(C)NS(=O)(=O)c1ccc(-c2cccc(-c3nc(-c4ccc(C(F)(F)F)cc4)cc(C(F)F)n3)c2)s1. The molecule has 4 rings (SSSR count). The molecular weight excluding hydrogens is 545 g/mol. The van der Waals surface area contributed by atoms with Crippen molar-refractivity contribution < 1.29 is 30.4 Å². The zero-order valence-corrected chi connectivity index (χ0v) is 22.0. The molecule has 12 heteroatoms. The highest BCUT2D eigenvalue weighted by atomic mass is 32.2. The van der Waals surface area contributed by atoms with Gasteiger partial charge in [0.25, 0.3) is 16.4 Å². The summed E-state index contributed by atoms with van der Waals surface area (Å²) in [5.74, 6) is -0.0432. The molecule has 2 heterocycles. The fourth-order valence-electron chi connectivity index (χ4n) is 3.57. The van der Waals surface area contributed by atoms with Crippen LogP contribution in [0.1, 0.15) is 38.5 Å². The Balaban J connectivity index is 1.72. The lowest BCUT2D eigenvalue weighted by Gasteiger charge is -2.19. The quantitative estimate of drug-likeness (QED) is 0.244. The summed E-state index contributed by atoms with van der Waals surface area (Å²) >= 11 is 1.05. The Morgan fingerprint density at radius 3 is 2.11 bits per heavy atom.